The van der Waals surface area contributed by atoms with Crippen molar-refractivity contribution in [1.82, 2.24) is 15.1 Å². The minimum atomic E-state index is -0.761. The van der Waals surface area contributed by atoms with Crippen LogP contribution in [0.1, 0.15) is 63.5 Å². The van der Waals surface area contributed by atoms with E-state index in [1.54, 1.807) is 13.0 Å². The van der Waals surface area contributed by atoms with Gasteiger partial charge in [-0.25, -0.2) is 4.99 Å². The number of anilines is 1. The summed E-state index contributed by atoms with van der Waals surface area (Å²) in [4.78, 5) is 45.8. The van der Waals surface area contributed by atoms with E-state index in [4.69, 9.17) is 0 Å². The molecule has 0 saturated heterocycles. The first-order valence-corrected chi connectivity index (χ1v) is 10.4. The third kappa shape index (κ3) is 4.28. The average Bonchev–Trinajstić information content (AvgIpc) is 3.08. The highest BCUT2D eigenvalue weighted by molar-refractivity contribution is 6.39. The van der Waals surface area contributed by atoms with Crippen molar-refractivity contribution >= 4 is 35.2 Å². The molecule has 154 valence electrons. The SMILES string of the molecule is Cc1cc(NC(=O)C(=O)NC2CCCCC2)n(C2=NC(=O)C3CCCCC3=N2)n1. The van der Waals surface area contributed by atoms with Gasteiger partial charge in [0.05, 0.1) is 11.6 Å². The number of hydrogen-bond donors (Lipinski definition) is 2. The first-order valence-electron chi connectivity index (χ1n) is 10.4. The highest BCUT2D eigenvalue weighted by Gasteiger charge is 2.32. The number of carbonyl (C=O) groups excluding carboxylic acids is 3. The van der Waals surface area contributed by atoms with Crippen LogP contribution in [-0.2, 0) is 14.4 Å². The molecule has 0 bridgehead atoms. The Kier molecular flexibility index (Phi) is 5.55. The Morgan fingerprint density at radius 2 is 1.79 bits per heavy atom. The van der Waals surface area contributed by atoms with Crippen molar-refractivity contribution in [2.45, 2.75) is 70.8 Å². The van der Waals surface area contributed by atoms with Crippen LogP contribution >= 0.6 is 0 Å². The summed E-state index contributed by atoms with van der Waals surface area (Å²) in [6.45, 7) is 1.76. The largest absolute Gasteiger partial charge is 0.345 e. The molecule has 0 radical (unpaired) electrons. The summed E-state index contributed by atoms with van der Waals surface area (Å²) in [6, 6.07) is 1.68. The van der Waals surface area contributed by atoms with Crippen LogP contribution in [0.5, 0.6) is 0 Å². The Balaban J connectivity index is 1.50. The predicted octanol–water partition coefficient (Wildman–Crippen LogP) is 1.95. The summed E-state index contributed by atoms with van der Waals surface area (Å²) in [5, 5.41) is 9.70. The van der Waals surface area contributed by atoms with Crippen LogP contribution in [0.3, 0.4) is 0 Å². The van der Waals surface area contributed by atoms with E-state index in [9.17, 15) is 14.4 Å². The molecule has 2 fully saturated rings. The lowest BCUT2D eigenvalue weighted by Crippen LogP contribution is -2.43. The van der Waals surface area contributed by atoms with Gasteiger partial charge in [-0.1, -0.05) is 25.7 Å². The lowest BCUT2D eigenvalue weighted by Gasteiger charge is -2.24. The second-order valence-corrected chi connectivity index (χ2v) is 8.00. The van der Waals surface area contributed by atoms with Gasteiger partial charge in [-0.3, -0.25) is 14.4 Å². The highest BCUT2D eigenvalue weighted by atomic mass is 16.2. The molecule has 0 spiro atoms. The van der Waals surface area contributed by atoms with E-state index in [2.05, 4.69) is 25.7 Å². The van der Waals surface area contributed by atoms with Gasteiger partial charge < -0.3 is 10.6 Å². The Bertz CT molecular complexity index is 894. The maximum atomic E-state index is 12.4. The van der Waals surface area contributed by atoms with E-state index in [0.717, 1.165) is 57.1 Å². The number of nitrogens with zero attached hydrogens (tertiary/aromatic N) is 4. The molecule has 1 aliphatic heterocycles. The minimum absolute atomic E-state index is 0.0450. The van der Waals surface area contributed by atoms with Gasteiger partial charge in [-0.15, -0.1) is 0 Å². The summed E-state index contributed by atoms with van der Waals surface area (Å²) >= 11 is 0. The molecular formula is C20H26N6O3. The van der Waals surface area contributed by atoms with Gasteiger partial charge in [-0.05, 0) is 39.0 Å². The molecule has 3 aliphatic rings. The lowest BCUT2D eigenvalue weighted by molar-refractivity contribution is -0.136. The smallest absolute Gasteiger partial charge is 0.314 e. The molecule has 29 heavy (non-hydrogen) atoms. The monoisotopic (exact) mass is 398 g/mol. The van der Waals surface area contributed by atoms with Crippen molar-refractivity contribution in [3.63, 3.8) is 0 Å². The summed E-state index contributed by atoms with van der Waals surface area (Å²) in [5.74, 6) is -1.46. The molecule has 2 aliphatic carbocycles. The maximum absolute atomic E-state index is 12.4. The fourth-order valence-electron chi connectivity index (χ4n) is 4.23. The molecule has 2 saturated carbocycles. The minimum Gasteiger partial charge on any atom is -0.345 e. The lowest BCUT2D eigenvalue weighted by atomic mass is 9.86. The van der Waals surface area contributed by atoms with Crippen molar-refractivity contribution in [2.75, 3.05) is 5.32 Å². The molecule has 1 aromatic heterocycles. The first kappa shape index (κ1) is 19.5. The molecule has 9 nitrogen and oxygen atoms in total. The standard InChI is InChI=1S/C20H26N6O3/c1-12-11-16(23-19(29)18(28)21-13-7-3-2-4-8-13)26(25-12)20-22-15-10-6-5-9-14(15)17(27)24-20/h11,13-14H,2-10H2,1H3,(H,21,28)(H,23,29). The summed E-state index contributed by atoms with van der Waals surface area (Å²) in [7, 11) is 0. The molecule has 0 aromatic carbocycles. The van der Waals surface area contributed by atoms with E-state index in [1.807, 2.05) is 0 Å². The zero-order valence-corrected chi connectivity index (χ0v) is 16.6. The molecule has 4 rings (SSSR count). The third-order valence-electron chi connectivity index (χ3n) is 5.74. The van der Waals surface area contributed by atoms with Crippen LogP contribution < -0.4 is 10.6 Å². The second-order valence-electron chi connectivity index (χ2n) is 8.00. The van der Waals surface area contributed by atoms with Crippen LogP contribution in [0.15, 0.2) is 16.1 Å². The number of aryl methyl sites for hydroxylation is 1. The molecular weight excluding hydrogens is 372 g/mol. The van der Waals surface area contributed by atoms with E-state index < -0.39 is 11.8 Å². The molecule has 2 heterocycles. The summed E-state index contributed by atoms with van der Waals surface area (Å²) in [5.41, 5.74) is 1.45. The van der Waals surface area contributed by atoms with Crippen molar-refractivity contribution in [3.05, 3.63) is 11.8 Å². The van der Waals surface area contributed by atoms with Crippen molar-refractivity contribution in [3.8, 4) is 0 Å². The quantitative estimate of drug-likeness (QED) is 0.740. The Morgan fingerprint density at radius 3 is 2.59 bits per heavy atom. The van der Waals surface area contributed by atoms with Crippen molar-refractivity contribution < 1.29 is 14.4 Å². The topological polar surface area (TPSA) is 118 Å². The van der Waals surface area contributed by atoms with E-state index in [1.165, 1.54) is 11.1 Å². The van der Waals surface area contributed by atoms with Gasteiger partial charge in [-0.2, -0.15) is 14.8 Å². The average molecular weight is 398 g/mol. The van der Waals surface area contributed by atoms with Gasteiger partial charge in [0.25, 0.3) is 11.9 Å². The van der Waals surface area contributed by atoms with Crippen molar-refractivity contribution in [2.24, 2.45) is 15.9 Å². The number of carbonyl (C=O) groups is 3. The normalized spacial score (nSPS) is 22.4. The summed E-state index contributed by atoms with van der Waals surface area (Å²) in [6.07, 6.45) is 8.63. The van der Waals surface area contributed by atoms with E-state index >= 15 is 0 Å². The predicted molar refractivity (Wildman–Crippen MR) is 108 cm³/mol. The van der Waals surface area contributed by atoms with Crippen LogP contribution in [-0.4, -0.2) is 45.2 Å². The van der Waals surface area contributed by atoms with E-state index in [0.29, 0.717) is 5.69 Å². The van der Waals surface area contributed by atoms with Crippen molar-refractivity contribution in [1.29, 1.82) is 0 Å². The fourth-order valence-corrected chi connectivity index (χ4v) is 4.23. The van der Waals surface area contributed by atoms with Crippen LogP contribution in [0.2, 0.25) is 0 Å². The van der Waals surface area contributed by atoms with Crippen LogP contribution in [0, 0.1) is 12.8 Å². The van der Waals surface area contributed by atoms with Gasteiger partial charge >= 0.3 is 11.8 Å². The number of nitrogens with one attached hydrogen (secondary N) is 2. The molecule has 3 amide bonds. The molecule has 2 N–H and O–H groups in total. The zero-order chi connectivity index (χ0) is 20.4. The number of aliphatic imine (C=N–C) groups is 2. The zero-order valence-electron chi connectivity index (χ0n) is 16.6. The number of hydrogen-bond acceptors (Lipinski definition) is 5. The third-order valence-corrected chi connectivity index (χ3v) is 5.74. The Hall–Kier alpha value is -2.84. The number of aromatic nitrogens is 2. The second kappa shape index (κ2) is 8.26. The van der Waals surface area contributed by atoms with Crippen LogP contribution in [0.25, 0.3) is 0 Å². The maximum Gasteiger partial charge on any atom is 0.314 e. The number of rotatable bonds is 2. The van der Waals surface area contributed by atoms with E-state index in [-0.39, 0.29) is 29.6 Å². The number of amides is 3. The van der Waals surface area contributed by atoms with Gasteiger partial charge in [0, 0.05) is 17.8 Å². The fraction of sp³-hybridized carbons (Fsp3) is 0.600. The number of fused-ring (bicyclic) bond motifs is 1. The Labute approximate surface area is 169 Å². The first-order chi connectivity index (χ1) is 14.0. The molecule has 1 aromatic rings. The Morgan fingerprint density at radius 1 is 1.03 bits per heavy atom. The highest BCUT2D eigenvalue weighted by Crippen LogP contribution is 2.26. The molecule has 1 unspecified atom stereocenters. The van der Waals surface area contributed by atoms with Gasteiger partial charge in [0.2, 0.25) is 0 Å². The summed E-state index contributed by atoms with van der Waals surface area (Å²) < 4.78 is 1.33. The molecule has 1 atom stereocenters. The van der Waals surface area contributed by atoms with Gasteiger partial charge in [0.1, 0.15) is 5.82 Å². The van der Waals surface area contributed by atoms with Gasteiger partial charge in [0.15, 0.2) is 0 Å². The van der Waals surface area contributed by atoms with Crippen LogP contribution in [0.4, 0.5) is 5.82 Å². The molecule has 9 heteroatoms.